The summed E-state index contributed by atoms with van der Waals surface area (Å²) in [5, 5.41) is 26.0. The first-order valence-corrected chi connectivity index (χ1v) is 16.2. The largest absolute Gasteiger partial charge is 0.509 e. The molecule has 8 heteroatoms. The molecule has 0 amide bonds. The molecule has 1 aliphatic rings. The Kier molecular flexibility index (Phi) is 7.49. The highest BCUT2D eigenvalue weighted by atomic mass is 16.3. The van der Waals surface area contributed by atoms with Crippen LogP contribution >= 0.6 is 0 Å². The molecule has 2 nitrogen and oxygen atoms in total. The lowest BCUT2D eigenvalue weighted by molar-refractivity contribution is 0.477. The van der Waals surface area contributed by atoms with Crippen LogP contribution in [0.25, 0.3) is 72.1 Å². The topological polar surface area (TPSA) is 40.5 Å². The maximum absolute atomic E-state index is 11.6. The maximum Gasteiger partial charge on any atom is 0.129 e. The minimum absolute atomic E-state index is 0.0655. The standard InChI is InChI=1S/C42H24B6O2/c1-3-24-36(44)39(47)37(45)34(41(24)49)33-27-10-6-4-8-25(27)32(26-9-5-7-11-28(26)33)23-15-13-21-16-20-12-14-22(17-29(20)30(21)18-23)31-19(2)35(43)40(48)42(50)38(31)46/h3-15,17-18,49-50H,1,16H2,2H3. The molecule has 0 spiro atoms. The van der Waals surface area contributed by atoms with Crippen LogP contribution in [0.1, 0.15) is 22.3 Å². The normalized spacial score (nSPS) is 11.9. The highest BCUT2D eigenvalue weighted by Gasteiger charge is 2.25. The van der Waals surface area contributed by atoms with E-state index in [1.165, 1.54) is 17.2 Å². The minimum Gasteiger partial charge on any atom is -0.509 e. The maximum atomic E-state index is 11.6. The fourth-order valence-corrected chi connectivity index (χ4v) is 7.76. The average molecular weight is 626 g/mol. The summed E-state index contributed by atoms with van der Waals surface area (Å²) >= 11 is 0. The zero-order valence-electron chi connectivity index (χ0n) is 27.4. The molecule has 0 aliphatic heterocycles. The molecule has 0 bridgehead atoms. The van der Waals surface area contributed by atoms with Crippen LogP contribution in [0.5, 0.6) is 11.5 Å². The number of hydrogen-bond donors (Lipinski definition) is 2. The molecule has 0 fully saturated rings. The molecule has 0 saturated carbocycles. The molecule has 1 aliphatic carbocycles. The van der Waals surface area contributed by atoms with Crippen LogP contribution in [-0.4, -0.2) is 57.3 Å². The summed E-state index contributed by atoms with van der Waals surface area (Å²) in [6, 6.07) is 29.1. The Hall–Kier alpha value is -5.21. The van der Waals surface area contributed by atoms with Gasteiger partial charge in [-0.05, 0) is 97.0 Å². The van der Waals surface area contributed by atoms with Gasteiger partial charge in [-0.2, -0.15) is 0 Å². The smallest absolute Gasteiger partial charge is 0.129 e. The second kappa shape index (κ2) is 11.7. The Morgan fingerprint density at radius 3 is 1.54 bits per heavy atom. The van der Waals surface area contributed by atoms with Crippen molar-refractivity contribution in [3.63, 3.8) is 0 Å². The van der Waals surface area contributed by atoms with E-state index in [9.17, 15) is 10.2 Å². The summed E-state index contributed by atoms with van der Waals surface area (Å²) in [4.78, 5) is 0. The first kappa shape index (κ1) is 32.0. The second-order valence-corrected chi connectivity index (χ2v) is 12.9. The molecular formula is C42H24B6O2. The van der Waals surface area contributed by atoms with Gasteiger partial charge in [0.15, 0.2) is 0 Å². The molecule has 222 valence electrons. The van der Waals surface area contributed by atoms with Crippen LogP contribution in [0.4, 0.5) is 0 Å². The lowest BCUT2D eigenvalue weighted by atomic mass is 9.66. The van der Waals surface area contributed by atoms with Crippen LogP contribution in [0.15, 0.2) is 91.5 Å². The van der Waals surface area contributed by atoms with Crippen molar-refractivity contribution in [2.75, 3.05) is 0 Å². The van der Waals surface area contributed by atoms with E-state index in [-0.39, 0.29) is 38.8 Å². The van der Waals surface area contributed by atoms with Crippen molar-refractivity contribution in [1.82, 2.24) is 0 Å². The van der Waals surface area contributed by atoms with Crippen LogP contribution in [0, 0.1) is 6.92 Å². The van der Waals surface area contributed by atoms with Gasteiger partial charge in [0.1, 0.15) is 58.6 Å². The van der Waals surface area contributed by atoms with E-state index in [4.69, 9.17) is 47.1 Å². The highest BCUT2D eigenvalue weighted by Crippen LogP contribution is 2.47. The molecule has 0 aromatic heterocycles. The monoisotopic (exact) mass is 626 g/mol. The van der Waals surface area contributed by atoms with E-state index < -0.39 is 0 Å². The fourth-order valence-electron chi connectivity index (χ4n) is 7.76. The molecule has 2 N–H and O–H groups in total. The summed E-state index contributed by atoms with van der Waals surface area (Å²) in [6.07, 6.45) is 2.29. The van der Waals surface area contributed by atoms with Gasteiger partial charge in [-0.25, -0.2) is 0 Å². The Morgan fingerprint density at radius 2 is 1.02 bits per heavy atom. The van der Waals surface area contributed by atoms with Gasteiger partial charge in [-0.3, -0.25) is 0 Å². The summed E-state index contributed by atoms with van der Waals surface area (Å²) in [7, 11) is 38.0. The van der Waals surface area contributed by atoms with Gasteiger partial charge in [0.05, 0.1) is 0 Å². The summed E-state index contributed by atoms with van der Waals surface area (Å²) in [5.41, 5.74) is 11.7. The molecule has 0 heterocycles. The molecule has 12 radical (unpaired) electrons. The minimum atomic E-state index is -0.203. The van der Waals surface area contributed by atoms with Gasteiger partial charge in [-0.15, -0.1) is 5.46 Å². The first-order valence-electron chi connectivity index (χ1n) is 16.2. The van der Waals surface area contributed by atoms with Crippen molar-refractivity contribution >= 4 is 107 Å². The quantitative estimate of drug-likeness (QED) is 0.232. The third-order valence-electron chi connectivity index (χ3n) is 10.3. The lowest BCUT2D eigenvalue weighted by Gasteiger charge is -2.23. The predicted octanol–water partition coefficient (Wildman–Crippen LogP) is 3.69. The van der Waals surface area contributed by atoms with E-state index in [2.05, 4.69) is 49.0 Å². The van der Waals surface area contributed by atoms with Crippen molar-refractivity contribution in [2.24, 2.45) is 0 Å². The Labute approximate surface area is 299 Å². The summed E-state index contributed by atoms with van der Waals surface area (Å²) in [5.74, 6) is -0.268. The van der Waals surface area contributed by atoms with Crippen LogP contribution in [-0.2, 0) is 6.42 Å². The van der Waals surface area contributed by atoms with E-state index in [0.29, 0.717) is 22.2 Å². The number of fused-ring (bicyclic) bond motifs is 5. The van der Waals surface area contributed by atoms with Crippen molar-refractivity contribution in [1.29, 1.82) is 0 Å². The average Bonchev–Trinajstić information content (AvgIpc) is 3.49. The van der Waals surface area contributed by atoms with E-state index >= 15 is 0 Å². The molecule has 7 aromatic carbocycles. The van der Waals surface area contributed by atoms with Gasteiger partial charge in [0.2, 0.25) is 0 Å². The SMILES string of the molecule is [B]c1c([B])c(C=C)c(O)c(-c2c3ccccc3c(-c3ccc4c(c3)-c3cc(-c5c([B])c(O)c([B])c([B])c5C)ccc3C4)c3ccccc23)c1[B]. The fraction of sp³-hybridized carbons (Fsp3) is 0.0476. The predicted molar refractivity (Wildman–Crippen MR) is 216 cm³/mol. The van der Waals surface area contributed by atoms with Gasteiger partial charge in [0, 0.05) is 16.7 Å². The van der Waals surface area contributed by atoms with Crippen molar-refractivity contribution in [2.45, 2.75) is 13.3 Å². The van der Waals surface area contributed by atoms with Crippen LogP contribution in [0.3, 0.4) is 0 Å². The zero-order chi connectivity index (χ0) is 35.2. The van der Waals surface area contributed by atoms with Gasteiger partial charge >= 0.3 is 0 Å². The molecule has 0 saturated heterocycles. The molecule has 8 rings (SSSR count). The van der Waals surface area contributed by atoms with Crippen LogP contribution < -0.4 is 32.8 Å². The number of phenolic OH excluding ortho intramolecular Hbond substituents is 2. The van der Waals surface area contributed by atoms with E-state index in [1.54, 1.807) is 0 Å². The number of benzene rings is 7. The van der Waals surface area contributed by atoms with Gasteiger partial charge < -0.3 is 10.2 Å². The molecule has 7 aromatic rings. The first-order chi connectivity index (χ1) is 24.0. The van der Waals surface area contributed by atoms with E-state index in [0.717, 1.165) is 66.9 Å². The molecule has 0 unspecified atom stereocenters. The second-order valence-electron chi connectivity index (χ2n) is 12.9. The van der Waals surface area contributed by atoms with Gasteiger partial charge in [0.25, 0.3) is 0 Å². The lowest BCUT2D eigenvalue weighted by Crippen LogP contribution is -2.41. The Bertz CT molecular complexity index is 2560. The third-order valence-corrected chi connectivity index (χ3v) is 10.3. The zero-order valence-corrected chi connectivity index (χ0v) is 27.4. The molecule has 50 heavy (non-hydrogen) atoms. The van der Waals surface area contributed by atoms with Crippen molar-refractivity contribution in [3.8, 4) is 56.0 Å². The Morgan fingerprint density at radius 1 is 0.520 bits per heavy atom. The highest BCUT2D eigenvalue weighted by molar-refractivity contribution is 6.60. The number of phenols is 2. The number of aromatic hydroxyl groups is 2. The van der Waals surface area contributed by atoms with Crippen molar-refractivity contribution in [3.05, 3.63) is 114 Å². The number of hydrogen-bond acceptors (Lipinski definition) is 2. The Balaban J connectivity index is 1.38. The molecule has 0 atom stereocenters. The third kappa shape index (κ3) is 4.51. The van der Waals surface area contributed by atoms with Crippen LogP contribution in [0.2, 0.25) is 0 Å². The number of rotatable bonds is 4. The molecular weight excluding hydrogens is 601 g/mol. The van der Waals surface area contributed by atoms with E-state index in [1.807, 2.05) is 49.4 Å². The van der Waals surface area contributed by atoms with Crippen molar-refractivity contribution < 1.29 is 10.2 Å². The van der Waals surface area contributed by atoms with Gasteiger partial charge in [-0.1, -0.05) is 113 Å². The summed E-state index contributed by atoms with van der Waals surface area (Å²) < 4.78 is 0. The summed E-state index contributed by atoms with van der Waals surface area (Å²) in [6.45, 7) is 5.72.